The molecular weight excluding hydrogens is 306 g/mol. The van der Waals surface area contributed by atoms with Gasteiger partial charge in [-0.15, -0.1) is 0 Å². The first-order valence-corrected chi connectivity index (χ1v) is 8.38. The summed E-state index contributed by atoms with van der Waals surface area (Å²) in [7, 11) is -0.656. The zero-order valence-electron chi connectivity index (χ0n) is 13.0. The van der Waals surface area contributed by atoms with Crippen LogP contribution < -0.4 is 15.8 Å². The van der Waals surface area contributed by atoms with E-state index in [-0.39, 0.29) is 35.9 Å². The zero-order chi connectivity index (χ0) is 16.8. The summed E-state index contributed by atoms with van der Waals surface area (Å²) in [6.07, 6.45) is -0.172. The van der Waals surface area contributed by atoms with Gasteiger partial charge in [-0.2, -0.15) is 0 Å². The molecule has 1 aromatic rings. The molecular formula is C14H23N3O4S. The lowest BCUT2D eigenvalue weighted by molar-refractivity contribution is -0.124. The van der Waals surface area contributed by atoms with Crippen LogP contribution >= 0.6 is 0 Å². The van der Waals surface area contributed by atoms with E-state index in [1.165, 1.54) is 26.3 Å². The van der Waals surface area contributed by atoms with Crippen LogP contribution in [-0.4, -0.2) is 41.1 Å². The minimum absolute atomic E-state index is 0.158. The third-order valence-corrected chi connectivity index (χ3v) is 4.74. The molecule has 0 radical (unpaired) electrons. The SMILES string of the molecule is CNS(=O)(=O)c1cccc(C(C)NC(=O)CC(CN)OC)c1. The van der Waals surface area contributed by atoms with E-state index >= 15 is 0 Å². The van der Waals surface area contributed by atoms with Crippen molar-refractivity contribution in [2.45, 2.75) is 30.4 Å². The average molecular weight is 329 g/mol. The average Bonchev–Trinajstić information content (AvgIpc) is 2.52. The molecule has 22 heavy (non-hydrogen) atoms. The van der Waals surface area contributed by atoms with Crippen molar-refractivity contribution in [2.24, 2.45) is 5.73 Å². The molecule has 0 aliphatic heterocycles. The molecule has 1 rings (SSSR count). The molecule has 124 valence electrons. The number of hydrogen-bond acceptors (Lipinski definition) is 5. The number of rotatable bonds is 8. The minimum Gasteiger partial charge on any atom is -0.380 e. The molecule has 0 aliphatic rings. The Labute approximate surface area is 131 Å². The predicted molar refractivity (Wildman–Crippen MR) is 83.7 cm³/mol. The molecule has 8 heteroatoms. The smallest absolute Gasteiger partial charge is 0.240 e. The Hall–Kier alpha value is -1.48. The molecule has 0 spiro atoms. The number of sulfonamides is 1. The summed E-state index contributed by atoms with van der Waals surface area (Å²) >= 11 is 0. The van der Waals surface area contributed by atoms with Crippen LogP contribution in [0.5, 0.6) is 0 Å². The van der Waals surface area contributed by atoms with Crippen molar-refractivity contribution in [1.82, 2.24) is 10.0 Å². The van der Waals surface area contributed by atoms with E-state index in [2.05, 4.69) is 10.0 Å². The van der Waals surface area contributed by atoms with Crippen molar-refractivity contribution in [2.75, 3.05) is 20.7 Å². The van der Waals surface area contributed by atoms with Crippen molar-refractivity contribution in [3.8, 4) is 0 Å². The third-order valence-electron chi connectivity index (χ3n) is 3.32. The fraction of sp³-hybridized carbons (Fsp3) is 0.500. The highest BCUT2D eigenvalue weighted by atomic mass is 32.2. The topological polar surface area (TPSA) is 111 Å². The van der Waals surface area contributed by atoms with Gasteiger partial charge in [-0.05, 0) is 31.7 Å². The van der Waals surface area contributed by atoms with Crippen molar-refractivity contribution in [3.05, 3.63) is 29.8 Å². The molecule has 2 unspecified atom stereocenters. The lowest BCUT2D eigenvalue weighted by atomic mass is 10.1. The number of carbonyl (C=O) groups excluding carboxylic acids is 1. The second-order valence-electron chi connectivity index (χ2n) is 4.87. The summed E-state index contributed by atoms with van der Waals surface area (Å²) in [4.78, 5) is 12.1. The zero-order valence-corrected chi connectivity index (χ0v) is 13.8. The van der Waals surface area contributed by atoms with Crippen molar-refractivity contribution >= 4 is 15.9 Å². The minimum atomic E-state index is -3.51. The van der Waals surface area contributed by atoms with Gasteiger partial charge in [0.15, 0.2) is 0 Å². The van der Waals surface area contributed by atoms with Crippen LogP contribution in [0.4, 0.5) is 0 Å². The number of ether oxygens (including phenoxy) is 1. The number of methoxy groups -OCH3 is 1. The maximum Gasteiger partial charge on any atom is 0.240 e. The first kappa shape index (κ1) is 18.6. The molecule has 4 N–H and O–H groups in total. The molecule has 1 amide bonds. The van der Waals surface area contributed by atoms with Gasteiger partial charge < -0.3 is 15.8 Å². The molecule has 0 saturated carbocycles. The Morgan fingerprint density at radius 1 is 1.41 bits per heavy atom. The molecule has 2 atom stereocenters. The molecule has 0 aromatic heterocycles. The second kappa shape index (κ2) is 8.23. The maximum absolute atomic E-state index is 11.9. The van der Waals surface area contributed by atoms with Gasteiger partial charge in [0.25, 0.3) is 0 Å². The van der Waals surface area contributed by atoms with E-state index in [0.29, 0.717) is 5.56 Å². The first-order valence-electron chi connectivity index (χ1n) is 6.89. The molecule has 0 fully saturated rings. The fourth-order valence-electron chi connectivity index (χ4n) is 1.92. The number of hydrogen-bond donors (Lipinski definition) is 3. The quantitative estimate of drug-likeness (QED) is 0.628. The lowest BCUT2D eigenvalue weighted by Gasteiger charge is -2.18. The summed E-state index contributed by atoms with van der Waals surface area (Å²) in [5.74, 6) is -0.202. The summed E-state index contributed by atoms with van der Waals surface area (Å²) in [6.45, 7) is 2.04. The summed E-state index contributed by atoms with van der Waals surface area (Å²) < 4.78 is 30.9. The van der Waals surface area contributed by atoms with E-state index in [1.807, 2.05) is 0 Å². The standard InChI is InChI=1S/C14H23N3O4S/c1-10(17-14(18)8-12(9-15)21-3)11-5-4-6-13(7-11)22(19,20)16-2/h4-7,10,12,16H,8-9,15H2,1-3H3,(H,17,18). The molecule has 0 aliphatic carbocycles. The van der Waals surface area contributed by atoms with Crippen molar-refractivity contribution in [3.63, 3.8) is 0 Å². The highest BCUT2D eigenvalue weighted by molar-refractivity contribution is 7.89. The van der Waals surface area contributed by atoms with Crippen molar-refractivity contribution < 1.29 is 17.9 Å². The van der Waals surface area contributed by atoms with E-state index in [9.17, 15) is 13.2 Å². The monoisotopic (exact) mass is 329 g/mol. The highest BCUT2D eigenvalue weighted by Crippen LogP contribution is 2.17. The Morgan fingerprint density at radius 2 is 2.09 bits per heavy atom. The Balaban J connectivity index is 2.80. The van der Waals surface area contributed by atoms with Crippen LogP contribution in [0.15, 0.2) is 29.2 Å². The van der Waals surface area contributed by atoms with Crippen LogP contribution in [-0.2, 0) is 19.6 Å². The van der Waals surface area contributed by atoms with Crippen LogP contribution in [0.3, 0.4) is 0 Å². The van der Waals surface area contributed by atoms with Gasteiger partial charge in [-0.25, -0.2) is 13.1 Å². The van der Waals surface area contributed by atoms with Gasteiger partial charge >= 0.3 is 0 Å². The van der Waals surface area contributed by atoms with E-state index < -0.39 is 10.0 Å². The van der Waals surface area contributed by atoms with Crippen molar-refractivity contribution in [1.29, 1.82) is 0 Å². The molecule has 7 nitrogen and oxygen atoms in total. The normalized spacial score (nSPS) is 14.4. The Morgan fingerprint density at radius 3 is 2.64 bits per heavy atom. The Kier molecular flexibility index (Phi) is 6.95. The maximum atomic E-state index is 11.9. The summed E-state index contributed by atoms with van der Waals surface area (Å²) in [5, 5.41) is 2.80. The number of nitrogens with two attached hydrogens (primary N) is 1. The molecule has 0 bridgehead atoms. The highest BCUT2D eigenvalue weighted by Gasteiger charge is 2.17. The van der Waals surface area contributed by atoms with E-state index in [1.54, 1.807) is 19.1 Å². The van der Waals surface area contributed by atoms with Crippen LogP contribution in [0.25, 0.3) is 0 Å². The number of amides is 1. The largest absolute Gasteiger partial charge is 0.380 e. The summed E-state index contributed by atoms with van der Waals surface area (Å²) in [6, 6.07) is 6.11. The van der Waals surface area contributed by atoms with Gasteiger partial charge in [0.1, 0.15) is 0 Å². The van der Waals surface area contributed by atoms with Gasteiger partial charge in [0.05, 0.1) is 23.5 Å². The van der Waals surface area contributed by atoms with E-state index in [4.69, 9.17) is 10.5 Å². The first-order chi connectivity index (χ1) is 10.3. The van der Waals surface area contributed by atoms with Crippen LogP contribution in [0.2, 0.25) is 0 Å². The van der Waals surface area contributed by atoms with Crippen LogP contribution in [0.1, 0.15) is 24.9 Å². The lowest BCUT2D eigenvalue weighted by Crippen LogP contribution is -2.33. The molecule has 1 aromatic carbocycles. The second-order valence-corrected chi connectivity index (χ2v) is 6.75. The Bertz CT molecular complexity index is 600. The molecule has 0 heterocycles. The summed E-state index contributed by atoms with van der Waals surface area (Å²) in [5.41, 5.74) is 6.18. The van der Waals surface area contributed by atoms with Crippen LogP contribution in [0, 0.1) is 0 Å². The van der Waals surface area contributed by atoms with E-state index in [0.717, 1.165) is 0 Å². The fourth-order valence-corrected chi connectivity index (χ4v) is 2.71. The number of carbonyl (C=O) groups is 1. The van der Waals surface area contributed by atoms with Gasteiger partial charge in [0.2, 0.25) is 15.9 Å². The van der Waals surface area contributed by atoms with Gasteiger partial charge in [0, 0.05) is 13.7 Å². The number of benzene rings is 1. The molecule has 0 saturated heterocycles. The third kappa shape index (κ3) is 5.06. The predicted octanol–water partition coefficient (Wildman–Crippen LogP) is 0.136. The number of nitrogens with one attached hydrogen (secondary N) is 2. The van der Waals surface area contributed by atoms with Gasteiger partial charge in [-0.3, -0.25) is 4.79 Å². The van der Waals surface area contributed by atoms with Gasteiger partial charge in [-0.1, -0.05) is 12.1 Å².